The van der Waals surface area contributed by atoms with Gasteiger partial charge in [0.2, 0.25) is 0 Å². The molecule has 8 heteroatoms. The van der Waals surface area contributed by atoms with Crippen molar-refractivity contribution in [3.05, 3.63) is 11.1 Å². The molecule has 0 radical (unpaired) electrons. The van der Waals surface area contributed by atoms with E-state index in [1.54, 1.807) is 0 Å². The lowest BCUT2D eigenvalue weighted by atomic mass is 9.40. The smallest absolute Gasteiger partial charge is 0.309 e. The first-order chi connectivity index (χ1) is 17.0. The third-order valence-electron chi connectivity index (χ3n) is 11.5. The lowest BCUT2D eigenvalue weighted by Gasteiger charge is -2.71. The van der Waals surface area contributed by atoms with Gasteiger partial charge in [-0.15, -0.1) is 0 Å². The minimum absolute atomic E-state index is 0.0407. The second kappa shape index (κ2) is 7.56. The Labute approximate surface area is 212 Å². The van der Waals surface area contributed by atoms with Crippen LogP contribution >= 0.6 is 0 Å². The lowest BCUT2D eigenvalue weighted by molar-refractivity contribution is -0.334. The van der Waals surface area contributed by atoms with Gasteiger partial charge in [-0.1, -0.05) is 25.0 Å². The third kappa shape index (κ3) is 2.56. The van der Waals surface area contributed by atoms with Crippen LogP contribution in [0.25, 0.3) is 0 Å². The topological polar surface area (TPSA) is 102 Å². The van der Waals surface area contributed by atoms with Crippen molar-refractivity contribution in [1.29, 1.82) is 0 Å². The summed E-state index contributed by atoms with van der Waals surface area (Å²) in [6.07, 6.45) is 3.93. The molecule has 36 heavy (non-hydrogen) atoms. The molecule has 2 heterocycles. The predicted octanol–water partition coefficient (Wildman–Crippen LogP) is 2.83. The average Bonchev–Trinajstić information content (AvgIpc) is 3.35. The number of rotatable bonds is 4. The SMILES string of the molecule is COC(=O)[C@@H]1CC23C4=C(CCC5CN6C[C@@H](C)C(CC(OC(C)=O)C52COC(C)=O)C63O)CC[C@@]41C. The highest BCUT2D eigenvalue weighted by Crippen LogP contribution is 2.82. The molecule has 4 aliphatic carbocycles. The number of ether oxygens (including phenoxy) is 3. The van der Waals surface area contributed by atoms with Crippen LogP contribution in [0.4, 0.5) is 0 Å². The van der Waals surface area contributed by atoms with Gasteiger partial charge in [0.05, 0.1) is 18.4 Å². The molecule has 4 fully saturated rings. The molecule has 8 nitrogen and oxygen atoms in total. The van der Waals surface area contributed by atoms with Gasteiger partial charge < -0.3 is 19.3 Å². The van der Waals surface area contributed by atoms with Crippen LogP contribution in [-0.4, -0.2) is 66.5 Å². The number of aliphatic hydroxyl groups is 1. The maximum absolute atomic E-state index is 13.4. The van der Waals surface area contributed by atoms with Crippen LogP contribution in [0, 0.1) is 39.9 Å². The molecule has 0 aromatic carbocycles. The molecule has 1 spiro atoms. The van der Waals surface area contributed by atoms with Gasteiger partial charge in [-0.2, -0.15) is 0 Å². The summed E-state index contributed by atoms with van der Waals surface area (Å²) in [7, 11) is 1.44. The number of hydrogen-bond acceptors (Lipinski definition) is 8. The molecule has 1 N–H and O–H groups in total. The van der Waals surface area contributed by atoms with Crippen molar-refractivity contribution >= 4 is 17.9 Å². The minimum Gasteiger partial charge on any atom is -0.469 e. The van der Waals surface area contributed by atoms with Crippen molar-refractivity contribution in [2.75, 3.05) is 26.8 Å². The van der Waals surface area contributed by atoms with Gasteiger partial charge >= 0.3 is 17.9 Å². The Bertz CT molecular complexity index is 1070. The van der Waals surface area contributed by atoms with Gasteiger partial charge in [-0.3, -0.25) is 19.3 Å². The Morgan fingerprint density at radius 2 is 1.89 bits per heavy atom. The largest absolute Gasteiger partial charge is 0.469 e. The Morgan fingerprint density at radius 1 is 1.14 bits per heavy atom. The molecule has 0 aromatic rings. The highest BCUT2D eigenvalue weighted by Gasteiger charge is 2.86. The van der Waals surface area contributed by atoms with Crippen LogP contribution in [0.3, 0.4) is 0 Å². The van der Waals surface area contributed by atoms with Crippen molar-refractivity contribution in [3.63, 3.8) is 0 Å². The standard InChI is InChI=1S/C28H39NO7/c1-15-12-29-13-19-7-6-18-8-9-25(4)21(24(32)34-5)11-27(23(18)25)26(19,14-35-16(2)30)22(36-17(3)31)10-20(15)28(27,29)33/h15,19-22,33H,6-14H2,1-5H3/t15-,19?,20?,21+,22?,25-,26?,27?,28?/m1/s1. The van der Waals surface area contributed by atoms with E-state index in [4.69, 9.17) is 14.2 Å². The fraction of sp³-hybridized carbons (Fsp3) is 0.821. The minimum atomic E-state index is -1.21. The highest BCUT2D eigenvalue weighted by atomic mass is 16.6. The van der Waals surface area contributed by atoms with Gasteiger partial charge in [0, 0.05) is 43.7 Å². The zero-order valence-electron chi connectivity index (χ0n) is 22.1. The van der Waals surface area contributed by atoms with Gasteiger partial charge in [-0.05, 0) is 50.4 Å². The van der Waals surface area contributed by atoms with Gasteiger partial charge in [0.25, 0.3) is 0 Å². The Balaban J connectivity index is 1.69. The van der Waals surface area contributed by atoms with E-state index in [1.807, 2.05) is 0 Å². The molecule has 9 atom stereocenters. The number of methoxy groups -OCH3 is 1. The first-order valence-corrected chi connectivity index (χ1v) is 13.6. The van der Waals surface area contributed by atoms with E-state index in [1.165, 1.54) is 32.1 Å². The van der Waals surface area contributed by atoms with Crippen molar-refractivity contribution in [2.24, 2.45) is 39.9 Å². The number of hydrogen-bond donors (Lipinski definition) is 1. The van der Waals surface area contributed by atoms with Crippen molar-refractivity contribution < 1.29 is 33.7 Å². The van der Waals surface area contributed by atoms with Crippen molar-refractivity contribution in [1.82, 2.24) is 4.90 Å². The second-order valence-electron chi connectivity index (χ2n) is 12.7. The van der Waals surface area contributed by atoms with Crippen LogP contribution in [0.2, 0.25) is 0 Å². The van der Waals surface area contributed by atoms with E-state index in [0.717, 1.165) is 32.2 Å². The molecular formula is C28H39NO7. The second-order valence-corrected chi connectivity index (χ2v) is 12.7. The predicted molar refractivity (Wildman–Crippen MR) is 128 cm³/mol. The molecule has 6 unspecified atom stereocenters. The van der Waals surface area contributed by atoms with E-state index < -0.39 is 34.0 Å². The van der Waals surface area contributed by atoms with Gasteiger partial charge in [-0.25, -0.2) is 0 Å². The van der Waals surface area contributed by atoms with Gasteiger partial charge in [0.1, 0.15) is 18.4 Å². The van der Waals surface area contributed by atoms with Crippen LogP contribution in [0.5, 0.6) is 0 Å². The number of piperidine rings is 1. The number of carbonyl (C=O) groups is 3. The van der Waals surface area contributed by atoms with Crippen LogP contribution in [0.1, 0.15) is 66.2 Å². The summed E-state index contributed by atoms with van der Waals surface area (Å²) in [5.41, 5.74) is -0.826. The van der Waals surface area contributed by atoms with Crippen molar-refractivity contribution in [2.45, 2.75) is 78.0 Å². The van der Waals surface area contributed by atoms with Crippen LogP contribution in [0.15, 0.2) is 11.1 Å². The van der Waals surface area contributed by atoms with E-state index in [9.17, 15) is 19.5 Å². The molecule has 198 valence electrons. The first kappa shape index (κ1) is 24.4. The molecule has 0 amide bonds. The number of esters is 3. The Kier molecular flexibility index (Phi) is 5.13. The molecule has 0 aromatic heterocycles. The Morgan fingerprint density at radius 3 is 2.56 bits per heavy atom. The summed E-state index contributed by atoms with van der Waals surface area (Å²) >= 11 is 0. The Hall–Kier alpha value is -1.93. The van der Waals surface area contributed by atoms with E-state index >= 15 is 0 Å². The fourth-order valence-corrected chi connectivity index (χ4v) is 10.5. The molecule has 2 saturated heterocycles. The average molecular weight is 502 g/mol. The summed E-state index contributed by atoms with van der Waals surface area (Å²) in [4.78, 5) is 40.5. The van der Waals surface area contributed by atoms with Crippen molar-refractivity contribution in [3.8, 4) is 0 Å². The van der Waals surface area contributed by atoms with Crippen LogP contribution < -0.4 is 0 Å². The van der Waals surface area contributed by atoms with E-state index in [2.05, 4.69) is 18.7 Å². The van der Waals surface area contributed by atoms with Crippen LogP contribution in [-0.2, 0) is 28.6 Å². The summed E-state index contributed by atoms with van der Waals surface area (Å²) in [5.74, 6) is -1.30. The monoisotopic (exact) mass is 501 g/mol. The summed E-state index contributed by atoms with van der Waals surface area (Å²) in [6, 6.07) is 0. The zero-order valence-corrected chi connectivity index (χ0v) is 22.1. The summed E-state index contributed by atoms with van der Waals surface area (Å²) in [5, 5.41) is 13.2. The summed E-state index contributed by atoms with van der Waals surface area (Å²) in [6.45, 7) is 8.68. The maximum Gasteiger partial charge on any atom is 0.309 e. The quantitative estimate of drug-likeness (QED) is 0.356. The molecule has 2 saturated carbocycles. The number of allylic oxidation sites excluding steroid dienone is 1. The zero-order chi connectivity index (χ0) is 25.8. The molecular weight excluding hydrogens is 462 g/mol. The third-order valence-corrected chi connectivity index (χ3v) is 11.5. The van der Waals surface area contributed by atoms with E-state index in [0.29, 0.717) is 19.4 Å². The summed E-state index contributed by atoms with van der Waals surface area (Å²) < 4.78 is 17.4. The molecule has 6 aliphatic rings. The van der Waals surface area contributed by atoms with Gasteiger partial charge in [0.15, 0.2) is 0 Å². The van der Waals surface area contributed by atoms with E-state index in [-0.39, 0.29) is 42.3 Å². The number of nitrogens with zero attached hydrogens (tertiary/aromatic N) is 1. The first-order valence-electron chi connectivity index (χ1n) is 13.6. The molecule has 2 aliphatic heterocycles. The molecule has 6 rings (SSSR count). The highest BCUT2D eigenvalue weighted by molar-refractivity contribution is 5.77. The normalized spacial score (nSPS) is 48.3. The molecule has 4 bridgehead atoms. The number of carbonyl (C=O) groups excluding carboxylic acids is 3. The lowest BCUT2D eigenvalue weighted by Crippen LogP contribution is -2.79. The fourth-order valence-electron chi connectivity index (χ4n) is 10.5. The maximum atomic E-state index is 13.4.